The zero-order valence-corrected chi connectivity index (χ0v) is 8.06. The lowest BCUT2D eigenvalue weighted by molar-refractivity contribution is 0.381. The van der Waals surface area contributed by atoms with Crippen LogP contribution in [0, 0.1) is 11.3 Å². The van der Waals surface area contributed by atoms with E-state index in [2.05, 4.69) is 9.97 Å². The Morgan fingerprint density at radius 1 is 1.40 bits per heavy atom. The van der Waals surface area contributed by atoms with Crippen LogP contribution in [0.15, 0.2) is 18.2 Å². The van der Waals surface area contributed by atoms with Crippen LogP contribution in [0.5, 0.6) is 6.01 Å². The van der Waals surface area contributed by atoms with Crippen molar-refractivity contribution in [3.05, 3.63) is 23.9 Å². The standard InChI is InChI=1S/C10H8N4O/c1-15-10-13-8-3-2-6(12)4-7(8)9(5-11)14-10/h2-4H,12H2,1H3. The topological polar surface area (TPSA) is 84.8 Å². The second-order valence-corrected chi connectivity index (χ2v) is 2.95. The molecule has 0 amide bonds. The smallest absolute Gasteiger partial charge is 0.317 e. The van der Waals surface area contributed by atoms with Crippen molar-refractivity contribution in [2.45, 2.75) is 0 Å². The van der Waals surface area contributed by atoms with E-state index in [-0.39, 0.29) is 11.7 Å². The minimum absolute atomic E-state index is 0.184. The van der Waals surface area contributed by atoms with Crippen LogP contribution in [0.2, 0.25) is 0 Å². The van der Waals surface area contributed by atoms with E-state index in [1.165, 1.54) is 7.11 Å². The molecule has 0 bridgehead atoms. The molecule has 0 aliphatic carbocycles. The van der Waals surface area contributed by atoms with Gasteiger partial charge in [0, 0.05) is 11.1 Å². The van der Waals surface area contributed by atoms with Gasteiger partial charge in [0.15, 0.2) is 5.69 Å². The number of ether oxygens (including phenoxy) is 1. The van der Waals surface area contributed by atoms with E-state index in [1.54, 1.807) is 18.2 Å². The van der Waals surface area contributed by atoms with Gasteiger partial charge in [-0.3, -0.25) is 0 Å². The van der Waals surface area contributed by atoms with E-state index < -0.39 is 0 Å². The Balaban J connectivity index is 2.82. The molecule has 1 aromatic carbocycles. The molecule has 1 aromatic heterocycles. The van der Waals surface area contributed by atoms with Crippen molar-refractivity contribution in [3.63, 3.8) is 0 Å². The van der Waals surface area contributed by atoms with Gasteiger partial charge in [0.25, 0.3) is 0 Å². The lowest BCUT2D eigenvalue weighted by atomic mass is 10.2. The van der Waals surface area contributed by atoms with Gasteiger partial charge in [-0.25, -0.2) is 0 Å². The van der Waals surface area contributed by atoms with E-state index in [0.717, 1.165) is 0 Å². The van der Waals surface area contributed by atoms with Gasteiger partial charge in [0.2, 0.25) is 0 Å². The predicted octanol–water partition coefficient (Wildman–Crippen LogP) is 1.09. The van der Waals surface area contributed by atoms with Gasteiger partial charge in [-0.2, -0.15) is 15.2 Å². The highest BCUT2D eigenvalue weighted by Crippen LogP contribution is 2.20. The molecule has 0 unspecified atom stereocenters. The molecule has 0 spiro atoms. The Labute approximate surface area is 86.1 Å². The molecule has 0 radical (unpaired) electrons. The van der Waals surface area contributed by atoms with E-state index in [4.69, 9.17) is 15.7 Å². The van der Waals surface area contributed by atoms with Gasteiger partial charge in [-0.1, -0.05) is 0 Å². The fraction of sp³-hybridized carbons (Fsp3) is 0.100. The fourth-order valence-corrected chi connectivity index (χ4v) is 1.30. The van der Waals surface area contributed by atoms with Crippen LogP contribution in [0.3, 0.4) is 0 Å². The molecule has 0 aliphatic heterocycles. The summed E-state index contributed by atoms with van der Waals surface area (Å²) in [6, 6.07) is 7.29. The van der Waals surface area contributed by atoms with Crippen LogP contribution in [0.25, 0.3) is 10.9 Å². The van der Waals surface area contributed by atoms with Gasteiger partial charge in [0.1, 0.15) is 6.07 Å². The molecule has 5 nitrogen and oxygen atoms in total. The first-order chi connectivity index (χ1) is 7.24. The van der Waals surface area contributed by atoms with Crippen molar-refractivity contribution in [2.24, 2.45) is 0 Å². The maximum Gasteiger partial charge on any atom is 0.317 e. The second kappa shape index (κ2) is 3.42. The zero-order chi connectivity index (χ0) is 10.8. The number of fused-ring (bicyclic) bond motifs is 1. The molecule has 0 saturated heterocycles. The molecule has 0 aliphatic rings. The van der Waals surface area contributed by atoms with E-state index in [1.807, 2.05) is 6.07 Å². The molecular weight excluding hydrogens is 192 g/mol. The first-order valence-corrected chi connectivity index (χ1v) is 4.26. The van der Waals surface area contributed by atoms with Crippen LogP contribution in [-0.2, 0) is 0 Å². The number of nitrogens with two attached hydrogens (primary N) is 1. The molecule has 15 heavy (non-hydrogen) atoms. The number of aromatic nitrogens is 2. The van der Waals surface area contributed by atoms with Crippen molar-refractivity contribution in [2.75, 3.05) is 12.8 Å². The van der Waals surface area contributed by atoms with Crippen molar-refractivity contribution >= 4 is 16.6 Å². The normalized spacial score (nSPS) is 9.87. The number of rotatable bonds is 1. The average molecular weight is 200 g/mol. The van der Waals surface area contributed by atoms with Crippen LogP contribution in [0.1, 0.15) is 5.69 Å². The molecule has 0 atom stereocenters. The van der Waals surface area contributed by atoms with Gasteiger partial charge in [-0.05, 0) is 18.2 Å². The van der Waals surface area contributed by atoms with Crippen molar-refractivity contribution in [1.29, 1.82) is 5.26 Å². The number of nitrogen functional groups attached to an aromatic ring is 1. The summed E-state index contributed by atoms with van der Waals surface area (Å²) in [7, 11) is 1.46. The summed E-state index contributed by atoms with van der Waals surface area (Å²) in [5.41, 5.74) is 7.11. The van der Waals surface area contributed by atoms with Gasteiger partial charge >= 0.3 is 6.01 Å². The number of nitrogens with zero attached hydrogens (tertiary/aromatic N) is 3. The highest BCUT2D eigenvalue weighted by molar-refractivity contribution is 5.86. The third kappa shape index (κ3) is 1.53. The van der Waals surface area contributed by atoms with Crippen LogP contribution in [0.4, 0.5) is 5.69 Å². The summed E-state index contributed by atoms with van der Waals surface area (Å²) >= 11 is 0. The Morgan fingerprint density at radius 3 is 2.87 bits per heavy atom. The summed E-state index contributed by atoms with van der Waals surface area (Å²) in [6.45, 7) is 0. The summed E-state index contributed by atoms with van der Waals surface area (Å²) < 4.78 is 4.89. The second-order valence-electron chi connectivity index (χ2n) is 2.95. The number of methoxy groups -OCH3 is 1. The molecule has 5 heteroatoms. The highest BCUT2D eigenvalue weighted by atomic mass is 16.5. The molecule has 2 N–H and O–H groups in total. The van der Waals surface area contributed by atoms with Crippen molar-refractivity contribution < 1.29 is 4.74 Å². The van der Waals surface area contributed by atoms with Gasteiger partial charge < -0.3 is 10.5 Å². The molecule has 1 heterocycles. The Morgan fingerprint density at radius 2 is 2.20 bits per heavy atom. The number of anilines is 1. The number of hydrogen-bond donors (Lipinski definition) is 1. The fourth-order valence-electron chi connectivity index (χ4n) is 1.30. The summed E-state index contributed by atoms with van der Waals surface area (Å²) in [6.07, 6.45) is 0. The first kappa shape index (κ1) is 9.21. The van der Waals surface area contributed by atoms with Crippen LogP contribution in [-0.4, -0.2) is 17.1 Å². The molecule has 2 rings (SSSR count). The maximum atomic E-state index is 8.91. The van der Waals surface area contributed by atoms with E-state index >= 15 is 0 Å². The average Bonchev–Trinajstić information content (AvgIpc) is 2.27. The Kier molecular flexibility index (Phi) is 2.10. The lowest BCUT2D eigenvalue weighted by Gasteiger charge is -2.03. The predicted molar refractivity (Wildman–Crippen MR) is 55.2 cm³/mol. The van der Waals surface area contributed by atoms with E-state index in [9.17, 15) is 0 Å². The van der Waals surface area contributed by atoms with E-state index in [0.29, 0.717) is 16.6 Å². The lowest BCUT2D eigenvalue weighted by Crippen LogP contribution is -1.96. The number of nitriles is 1. The van der Waals surface area contributed by atoms with Crippen LogP contribution >= 0.6 is 0 Å². The monoisotopic (exact) mass is 200 g/mol. The largest absolute Gasteiger partial charge is 0.467 e. The molecular formula is C10H8N4O. The zero-order valence-electron chi connectivity index (χ0n) is 8.06. The maximum absolute atomic E-state index is 8.91. The molecule has 0 saturated carbocycles. The highest BCUT2D eigenvalue weighted by Gasteiger charge is 2.07. The third-order valence-corrected chi connectivity index (χ3v) is 1.99. The summed E-state index contributed by atoms with van der Waals surface area (Å²) in [4.78, 5) is 8.03. The SMILES string of the molecule is COc1nc(C#N)c2cc(N)ccc2n1. The Hall–Kier alpha value is -2.35. The molecule has 0 fully saturated rings. The third-order valence-electron chi connectivity index (χ3n) is 1.99. The van der Waals surface area contributed by atoms with Crippen molar-refractivity contribution in [3.8, 4) is 12.1 Å². The number of hydrogen-bond acceptors (Lipinski definition) is 5. The Bertz CT molecular complexity index is 559. The van der Waals surface area contributed by atoms with Gasteiger partial charge in [-0.15, -0.1) is 0 Å². The first-order valence-electron chi connectivity index (χ1n) is 4.26. The number of benzene rings is 1. The molecule has 74 valence electrons. The summed E-state index contributed by atoms with van der Waals surface area (Å²) in [5, 5.41) is 9.55. The minimum Gasteiger partial charge on any atom is -0.467 e. The van der Waals surface area contributed by atoms with Gasteiger partial charge in [0.05, 0.1) is 12.6 Å². The summed E-state index contributed by atoms with van der Waals surface area (Å²) in [5.74, 6) is 0. The van der Waals surface area contributed by atoms with Crippen LogP contribution < -0.4 is 10.5 Å². The minimum atomic E-state index is 0.184. The quantitative estimate of drug-likeness (QED) is 0.696. The van der Waals surface area contributed by atoms with Crippen molar-refractivity contribution in [1.82, 2.24) is 9.97 Å². The molecule has 2 aromatic rings.